The summed E-state index contributed by atoms with van der Waals surface area (Å²) < 4.78 is 1.03. The lowest BCUT2D eigenvalue weighted by Crippen LogP contribution is -2.17. The van der Waals surface area contributed by atoms with E-state index in [1.54, 1.807) is 0 Å². The Bertz CT molecular complexity index is 677. The maximum absolute atomic E-state index is 11.3. The molecule has 4 heteroatoms. The van der Waals surface area contributed by atoms with Crippen LogP contribution in [-0.4, -0.2) is 17.1 Å². The average molecular weight is 343 g/mol. The van der Waals surface area contributed by atoms with Crippen molar-refractivity contribution in [1.82, 2.24) is 5.01 Å². The Kier molecular flexibility index (Phi) is 3.88. The Balaban J connectivity index is 1.88. The van der Waals surface area contributed by atoms with E-state index in [-0.39, 0.29) is 6.04 Å². The van der Waals surface area contributed by atoms with Gasteiger partial charge in [0.05, 0.1) is 11.8 Å². The topological polar surface area (TPSA) is 32.7 Å². The summed E-state index contributed by atoms with van der Waals surface area (Å²) in [5, 5.41) is 5.97. The number of benzene rings is 2. The van der Waals surface area contributed by atoms with E-state index in [1.165, 1.54) is 10.6 Å². The zero-order valence-corrected chi connectivity index (χ0v) is 13.2. The van der Waals surface area contributed by atoms with Gasteiger partial charge in [0.25, 0.3) is 0 Å². The van der Waals surface area contributed by atoms with Crippen LogP contribution in [0.15, 0.2) is 58.1 Å². The summed E-state index contributed by atoms with van der Waals surface area (Å²) in [6.07, 6.45) is 1.54. The predicted molar refractivity (Wildman–Crippen MR) is 87.1 cm³/mol. The maximum atomic E-state index is 11.3. The molecular formula is C17H15BrN2O. The van der Waals surface area contributed by atoms with E-state index in [1.807, 2.05) is 24.3 Å². The number of rotatable bonds is 3. The third-order valence-corrected chi connectivity index (χ3v) is 4.22. The number of aryl methyl sites for hydroxylation is 1. The Morgan fingerprint density at radius 1 is 1.14 bits per heavy atom. The van der Waals surface area contributed by atoms with Gasteiger partial charge in [-0.15, -0.1) is 0 Å². The molecule has 1 aliphatic rings. The summed E-state index contributed by atoms with van der Waals surface area (Å²) in [5.41, 5.74) is 4.33. The second-order valence-electron chi connectivity index (χ2n) is 5.17. The second-order valence-corrected chi connectivity index (χ2v) is 6.09. The molecule has 0 saturated heterocycles. The molecule has 3 nitrogen and oxygen atoms in total. The summed E-state index contributed by atoms with van der Waals surface area (Å²) >= 11 is 3.43. The van der Waals surface area contributed by atoms with Crippen LogP contribution in [0.1, 0.15) is 29.2 Å². The van der Waals surface area contributed by atoms with Crippen molar-refractivity contribution in [1.29, 1.82) is 0 Å². The molecule has 0 aromatic heterocycles. The van der Waals surface area contributed by atoms with Crippen molar-refractivity contribution in [2.75, 3.05) is 0 Å². The first-order chi connectivity index (χ1) is 10.2. The van der Waals surface area contributed by atoms with E-state index >= 15 is 0 Å². The predicted octanol–water partition coefficient (Wildman–Crippen LogP) is 4.07. The number of carbonyl (C=O) groups excluding carboxylic acids is 1. The van der Waals surface area contributed by atoms with Crippen LogP contribution in [0, 0.1) is 6.92 Å². The molecule has 106 valence electrons. The lowest BCUT2D eigenvalue weighted by atomic mass is 9.98. The van der Waals surface area contributed by atoms with E-state index in [0.29, 0.717) is 0 Å². The van der Waals surface area contributed by atoms with E-state index in [2.05, 4.69) is 52.2 Å². The molecule has 0 aliphatic carbocycles. The molecule has 1 amide bonds. The van der Waals surface area contributed by atoms with Crippen molar-refractivity contribution in [2.45, 2.75) is 19.4 Å². The van der Waals surface area contributed by atoms with Gasteiger partial charge in [-0.2, -0.15) is 5.10 Å². The van der Waals surface area contributed by atoms with Gasteiger partial charge in [0.2, 0.25) is 6.41 Å². The smallest absolute Gasteiger partial charge is 0.230 e. The monoisotopic (exact) mass is 342 g/mol. The highest BCUT2D eigenvalue weighted by molar-refractivity contribution is 9.10. The standard InChI is InChI=1S/C17H15BrN2O/c1-12-2-4-14(5-3-12)17-10-16(19-20(17)11-21)13-6-8-15(18)9-7-13/h2-9,11,17H,10H2,1H3. The van der Waals surface area contributed by atoms with Gasteiger partial charge in [-0.1, -0.05) is 57.9 Å². The Morgan fingerprint density at radius 3 is 2.43 bits per heavy atom. The maximum Gasteiger partial charge on any atom is 0.230 e. The summed E-state index contributed by atoms with van der Waals surface area (Å²) in [7, 11) is 0. The molecule has 2 aromatic carbocycles. The van der Waals surface area contributed by atoms with Crippen LogP contribution in [0.2, 0.25) is 0 Å². The molecule has 0 saturated carbocycles. The average Bonchev–Trinajstić information content (AvgIpc) is 2.93. The van der Waals surface area contributed by atoms with Crippen LogP contribution >= 0.6 is 15.9 Å². The molecule has 0 spiro atoms. The highest BCUT2D eigenvalue weighted by atomic mass is 79.9. The zero-order valence-electron chi connectivity index (χ0n) is 11.7. The van der Waals surface area contributed by atoms with Gasteiger partial charge < -0.3 is 0 Å². The highest BCUT2D eigenvalue weighted by Crippen LogP contribution is 2.31. The summed E-state index contributed by atoms with van der Waals surface area (Å²) in [6.45, 7) is 2.06. The molecule has 1 atom stereocenters. The van der Waals surface area contributed by atoms with Crippen molar-refractivity contribution >= 4 is 28.1 Å². The Morgan fingerprint density at radius 2 is 1.81 bits per heavy atom. The number of hydrogen-bond acceptors (Lipinski definition) is 2. The SMILES string of the molecule is Cc1ccc(C2CC(c3ccc(Br)cc3)=NN2C=O)cc1. The zero-order chi connectivity index (χ0) is 14.8. The second kappa shape index (κ2) is 5.82. The van der Waals surface area contributed by atoms with Crippen LogP contribution in [0.5, 0.6) is 0 Å². The first-order valence-corrected chi connectivity index (χ1v) is 7.60. The Labute approximate surface area is 132 Å². The molecule has 0 N–H and O–H groups in total. The molecule has 1 heterocycles. The molecule has 1 aliphatic heterocycles. The molecule has 3 rings (SSSR count). The fourth-order valence-electron chi connectivity index (χ4n) is 2.50. The Hall–Kier alpha value is -1.94. The normalized spacial score (nSPS) is 17.7. The molecule has 0 fully saturated rings. The molecule has 21 heavy (non-hydrogen) atoms. The number of carbonyl (C=O) groups is 1. The van der Waals surface area contributed by atoms with Gasteiger partial charge in [0.1, 0.15) is 0 Å². The van der Waals surface area contributed by atoms with Gasteiger partial charge in [0.15, 0.2) is 0 Å². The van der Waals surface area contributed by atoms with Crippen LogP contribution in [0.25, 0.3) is 0 Å². The first-order valence-electron chi connectivity index (χ1n) is 6.81. The number of hydrazone groups is 1. The molecule has 0 bridgehead atoms. The van der Waals surface area contributed by atoms with Gasteiger partial charge in [0, 0.05) is 10.9 Å². The largest absolute Gasteiger partial charge is 0.277 e. The molecular weight excluding hydrogens is 328 g/mol. The van der Waals surface area contributed by atoms with Gasteiger partial charge >= 0.3 is 0 Å². The number of hydrogen-bond donors (Lipinski definition) is 0. The fourth-order valence-corrected chi connectivity index (χ4v) is 2.76. The van der Waals surface area contributed by atoms with Crippen molar-refractivity contribution in [3.8, 4) is 0 Å². The van der Waals surface area contributed by atoms with Crippen LogP contribution in [-0.2, 0) is 4.79 Å². The summed E-state index contributed by atoms with van der Waals surface area (Å²) in [6, 6.07) is 16.3. The number of halogens is 1. The van der Waals surface area contributed by atoms with Crippen molar-refractivity contribution < 1.29 is 4.79 Å². The van der Waals surface area contributed by atoms with Gasteiger partial charge in [-0.3, -0.25) is 4.79 Å². The molecule has 1 unspecified atom stereocenters. The fraction of sp³-hybridized carbons (Fsp3) is 0.176. The van der Waals surface area contributed by atoms with E-state index in [0.717, 1.165) is 34.1 Å². The first kappa shape index (κ1) is 14.0. The van der Waals surface area contributed by atoms with Gasteiger partial charge in [-0.25, -0.2) is 5.01 Å². The van der Waals surface area contributed by atoms with E-state index in [4.69, 9.17) is 0 Å². The quantitative estimate of drug-likeness (QED) is 0.774. The van der Waals surface area contributed by atoms with Gasteiger partial charge in [-0.05, 0) is 30.2 Å². The van der Waals surface area contributed by atoms with Crippen LogP contribution in [0.4, 0.5) is 0 Å². The number of nitrogens with zero attached hydrogens (tertiary/aromatic N) is 2. The summed E-state index contributed by atoms with van der Waals surface area (Å²) in [4.78, 5) is 11.3. The minimum atomic E-state index is -0.0123. The third kappa shape index (κ3) is 2.90. The molecule has 0 radical (unpaired) electrons. The molecule has 2 aromatic rings. The third-order valence-electron chi connectivity index (χ3n) is 3.69. The van der Waals surface area contributed by atoms with E-state index < -0.39 is 0 Å². The highest BCUT2D eigenvalue weighted by Gasteiger charge is 2.28. The van der Waals surface area contributed by atoms with Crippen molar-refractivity contribution in [3.63, 3.8) is 0 Å². The minimum Gasteiger partial charge on any atom is -0.277 e. The van der Waals surface area contributed by atoms with Crippen molar-refractivity contribution in [2.24, 2.45) is 5.10 Å². The number of amides is 1. The van der Waals surface area contributed by atoms with E-state index in [9.17, 15) is 4.79 Å². The van der Waals surface area contributed by atoms with Crippen LogP contribution < -0.4 is 0 Å². The lowest BCUT2D eigenvalue weighted by molar-refractivity contribution is -0.119. The van der Waals surface area contributed by atoms with Crippen LogP contribution in [0.3, 0.4) is 0 Å². The lowest BCUT2D eigenvalue weighted by Gasteiger charge is -2.17. The van der Waals surface area contributed by atoms with Crippen molar-refractivity contribution in [3.05, 3.63) is 69.7 Å². The summed E-state index contributed by atoms with van der Waals surface area (Å²) in [5.74, 6) is 0. The minimum absolute atomic E-state index is 0.0123.